The lowest BCUT2D eigenvalue weighted by Crippen LogP contribution is -2.33. The molecule has 0 amide bonds. The Morgan fingerprint density at radius 3 is 2.84 bits per heavy atom. The van der Waals surface area contributed by atoms with Gasteiger partial charge in [-0.2, -0.15) is 4.98 Å². The van der Waals surface area contributed by atoms with E-state index in [0.717, 1.165) is 5.56 Å². The van der Waals surface area contributed by atoms with Gasteiger partial charge in [-0.15, -0.1) is 0 Å². The summed E-state index contributed by atoms with van der Waals surface area (Å²) in [7, 11) is 1.60. The topological polar surface area (TPSA) is 80.6 Å². The quantitative estimate of drug-likeness (QED) is 0.526. The zero-order chi connectivity index (χ0) is 14.0. The molecule has 2 heterocycles. The van der Waals surface area contributed by atoms with Gasteiger partial charge in [0.15, 0.2) is 5.16 Å². The smallest absolute Gasteiger partial charge is 0.265 e. The highest BCUT2D eigenvalue weighted by atomic mass is 35.5. The molecule has 0 fully saturated rings. The SMILES string of the molecule is Cn1[nH]c(=O)c(=O)nc1SCc1cnc(Cl)cc1Cl. The molecule has 0 aliphatic heterocycles. The largest absolute Gasteiger partial charge is 0.339 e. The lowest BCUT2D eigenvalue weighted by molar-refractivity contribution is 0.596. The van der Waals surface area contributed by atoms with Gasteiger partial charge < -0.3 is 0 Å². The van der Waals surface area contributed by atoms with E-state index < -0.39 is 11.1 Å². The second-order valence-corrected chi connectivity index (χ2v) is 5.32. The van der Waals surface area contributed by atoms with Gasteiger partial charge in [-0.05, 0) is 11.6 Å². The van der Waals surface area contributed by atoms with Crippen LogP contribution in [-0.4, -0.2) is 19.7 Å². The number of halogens is 2. The summed E-state index contributed by atoms with van der Waals surface area (Å²) in [5, 5.41) is 3.55. The molecule has 2 aromatic rings. The van der Waals surface area contributed by atoms with Gasteiger partial charge in [-0.25, -0.2) is 4.98 Å². The Kier molecular flexibility index (Phi) is 4.28. The summed E-state index contributed by atoms with van der Waals surface area (Å²) in [5.41, 5.74) is -0.810. The first-order valence-corrected chi connectivity index (χ1v) is 6.81. The summed E-state index contributed by atoms with van der Waals surface area (Å²) in [6, 6.07) is 1.54. The van der Waals surface area contributed by atoms with Crippen LogP contribution in [0.4, 0.5) is 0 Å². The molecule has 2 aromatic heterocycles. The van der Waals surface area contributed by atoms with E-state index in [2.05, 4.69) is 15.1 Å². The van der Waals surface area contributed by atoms with Crippen LogP contribution in [0.3, 0.4) is 0 Å². The third-order valence-corrected chi connectivity index (χ3v) is 3.84. The summed E-state index contributed by atoms with van der Waals surface area (Å²) in [6.07, 6.45) is 1.56. The van der Waals surface area contributed by atoms with Gasteiger partial charge in [-0.3, -0.25) is 19.4 Å². The second-order valence-electron chi connectivity index (χ2n) is 3.59. The van der Waals surface area contributed by atoms with Gasteiger partial charge in [0.25, 0.3) is 0 Å². The Morgan fingerprint density at radius 2 is 2.16 bits per heavy atom. The maximum atomic E-state index is 11.2. The number of hydrogen-bond acceptors (Lipinski definition) is 5. The minimum Gasteiger partial charge on any atom is -0.265 e. The van der Waals surface area contributed by atoms with Gasteiger partial charge in [0, 0.05) is 24.0 Å². The fourth-order valence-corrected chi connectivity index (χ4v) is 2.69. The predicted molar refractivity (Wildman–Crippen MR) is 73.9 cm³/mol. The van der Waals surface area contributed by atoms with Gasteiger partial charge in [0.2, 0.25) is 0 Å². The number of hydrogen-bond donors (Lipinski definition) is 1. The van der Waals surface area contributed by atoms with E-state index in [4.69, 9.17) is 23.2 Å². The van der Waals surface area contributed by atoms with E-state index in [0.29, 0.717) is 21.1 Å². The van der Waals surface area contributed by atoms with Crippen molar-refractivity contribution >= 4 is 35.0 Å². The standard InChI is InChI=1S/C10H8Cl2N4O2S/c1-16-10(14-8(17)9(18)15-16)19-4-5-3-13-7(12)2-6(5)11/h2-3H,4H2,1H3,(H,15,18). The zero-order valence-corrected chi connectivity index (χ0v) is 12.0. The summed E-state index contributed by atoms with van der Waals surface area (Å²) in [5.74, 6) is 0.454. The average molecular weight is 319 g/mol. The number of aryl methyl sites for hydroxylation is 1. The van der Waals surface area contributed by atoms with Gasteiger partial charge in [0.05, 0.1) is 0 Å². The summed E-state index contributed by atoms with van der Waals surface area (Å²) in [4.78, 5) is 29.8. The molecule has 0 bridgehead atoms. The number of thioether (sulfide) groups is 1. The van der Waals surface area contributed by atoms with E-state index in [1.54, 1.807) is 19.3 Å². The number of nitrogens with one attached hydrogen (secondary N) is 1. The molecule has 6 nitrogen and oxygen atoms in total. The van der Waals surface area contributed by atoms with Crippen LogP contribution in [-0.2, 0) is 12.8 Å². The predicted octanol–water partition coefficient (Wildman–Crippen LogP) is 1.46. The Balaban J connectivity index is 2.21. The van der Waals surface area contributed by atoms with Gasteiger partial charge in [0.1, 0.15) is 5.15 Å². The Bertz CT molecular complexity index is 728. The molecule has 0 atom stereocenters. The van der Waals surface area contributed by atoms with Crippen molar-refractivity contribution in [3.05, 3.63) is 48.7 Å². The van der Waals surface area contributed by atoms with Crippen LogP contribution < -0.4 is 11.1 Å². The molecule has 19 heavy (non-hydrogen) atoms. The zero-order valence-electron chi connectivity index (χ0n) is 9.68. The summed E-state index contributed by atoms with van der Waals surface area (Å²) < 4.78 is 1.38. The summed E-state index contributed by atoms with van der Waals surface area (Å²) in [6.45, 7) is 0. The number of aromatic nitrogens is 4. The molecule has 9 heteroatoms. The number of rotatable bonds is 3. The van der Waals surface area contributed by atoms with E-state index in [9.17, 15) is 9.59 Å². The molecule has 0 aromatic carbocycles. The van der Waals surface area contributed by atoms with Crippen molar-refractivity contribution in [3.8, 4) is 0 Å². The second kappa shape index (κ2) is 5.77. The highest BCUT2D eigenvalue weighted by Gasteiger charge is 2.07. The maximum Gasteiger partial charge on any atom is 0.339 e. The minimum atomic E-state index is -0.819. The normalized spacial score (nSPS) is 10.7. The molecule has 0 aliphatic rings. The number of nitrogens with zero attached hydrogens (tertiary/aromatic N) is 3. The van der Waals surface area contributed by atoms with Crippen molar-refractivity contribution in [2.45, 2.75) is 10.9 Å². The van der Waals surface area contributed by atoms with E-state index in [1.165, 1.54) is 16.4 Å². The van der Waals surface area contributed by atoms with Crippen molar-refractivity contribution in [2.75, 3.05) is 0 Å². The first-order chi connectivity index (χ1) is 8.97. The molecular formula is C10H8Cl2N4O2S. The lowest BCUT2D eigenvalue weighted by atomic mass is 10.3. The fraction of sp³-hybridized carbons (Fsp3) is 0.200. The molecule has 0 radical (unpaired) electrons. The van der Waals surface area contributed by atoms with Crippen molar-refractivity contribution in [2.24, 2.45) is 7.05 Å². The number of aromatic amines is 1. The monoisotopic (exact) mass is 318 g/mol. The maximum absolute atomic E-state index is 11.2. The van der Waals surface area contributed by atoms with Crippen LogP contribution in [0, 0.1) is 0 Å². The molecule has 2 rings (SSSR count). The molecule has 0 saturated heterocycles. The van der Waals surface area contributed by atoms with Crippen LogP contribution >= 0.6 is 35.0 Å². The van der Waals surface area contributed by atoms with Gasteiger partial charge >= 0.3 is 11.1 Å². The molecular weight excluding hydrogens is 311 g/mol. The lowest BCUT2D eigenvalue weighted by Gasteiger charge is -2.06. The van der Waals surface area contributed by atoms with Crippen LogP contribution in [0.2, 0.25) is 10.2 Å². The third-order valence-electron chi connectivity index (χ3n) is 2.20. The molecule has 0 unspecified atom stereocenters. The van der Waals surface area contributed by atoms with E-state index in [-0.39, 0.29) is 0 Å². The van der Waals surface area contributed by atoms with Crippen molar-refractivity contribution in [1.82, 2.24) is 19.7 Å². The van der Waals surface area contributed by atoms with Crippen molar-refractivity contribution in [3.63, 3.8) is 0 Å². The van der Waals surface area contributed by atoms with E-state index >= 15 is 0 Å². The van der Waals surface area contributed by atoms with E-state index in [1.807, 2.05) is 0 Å². The van der Waals surface area contributed by atoms with Gasteiger partial charge in [-0.1, -0.05) is 35.0 Å². The molecule has 0 aliphatic carbocycles. The van der Waals surface area contributed by atoms with Crippen LogP contribution in [0.5, 0.6) is 0 Å². The molecule has 1 N–H and O–H groups in total. The molecule has 0 saturated carbocycles. The first-order valence-electron chi connectivity index (χ1n) is 5.07. The van der Waals surface area contributed by atoms with Crippen molar-refractivity contribution in [1.29, 1.82) is 0 Å². The molecule has 0 spiro atoms. The third kappa shape index (κ3) is 3.37. The highest BCUT2D eigenvalue weighted by molar-refractivity contribution is 7.98. The first kappa shape index (κ1) is 14.1. The molecule has 100 valence electrons. The number of pyridine rings is 1. The van der Waals surface area contributed by atoms with Crippen molar-refractivity contribution < 1.29 is 0 Å². The Hall–Kier alpha value is -1.31. The van der Waals surface area contributed by atoms with Crippen LogP contribution in [0.15, 0.2) is 27.0 Å². The number of H-pyrrole nitrogens is 1. The Morgan fingerprint density at radius 1 is 1.42 bits per heavy atom. The fourth-order valence-electron chi connectivity index (χ4n) is 1.27. The van der Waals surface area contributed by atoms with Crippen LogP contribution in [0.25, 0.3) is 0 Å². The Labute approximate surface area is 121 Å². The highest BCUT2D eigenvalue weighted by Crippen LogP contribution is 2.25. The van der Waals surface area contributed by atoms with Crippen LogP contribution in [0.1, 0.15) is 5.56 Å². The average Bonchev–Trinajstić information content (AvgIpc) is 2.34. The summed E-state index contributed by atoms with van der Waals surface area (Å²) >= 11 is 13.0. The minimum absolute atomic E-state index is 0.313.